The molecule has 1 aromatic heterocycles. The van der Waals surface area contributed by atoms with E-state index in [4.69, 9.17) is 15.6 Å². The lowest BCUT2D eigenvalue weighted by Gasteiger charge is -2.20. The van der Waals surface area contributed by atoms with E-state index in [0.717, 1.165) is 12.8 Å². The van der Waals surface area contributed by atoms with E-state index in [2.05, 4.69) is 12.2 Å². The van der Waals surface area contributed by atoms with Crippen LogP contribution in [0.2, 0.25) is 0 Å². The molecule has 0 fully saturated rings. The molecule has 7 heteroatoms. The van der Waals surface area contributed by atoms with E-state index in [0.29, 0.717) is 41.1 Å². The van der Waals surface area contributed by atoms with Crippen LogP contribution in [0.4, 0.5) is 10.5 Å². The summed E-state index contributed by atoms with van der Waals surface area (Å²) in [7, 11) is 0. The van der Waals surface area contributed by atoms with Gasteiger partial charge < -0.3 is 20.1 Å². The Morgan fingerprint density at radius 1 is 1.35 bits per heavy atom. The lowest BCUT2D eigenvalue weighted by atomic mass is 10.1. The van der Waals surface area contributed by atoms with Crippen molar-refractivity contribution < 1.29 is 14.6 Å². The van der Waals surface area contributed by atoms with Crippen molar-refractivity contribution in [2.24, 2.45) is 11.7 Å². The fraction of sp³-hybridized carbons (Fsp3) is 0.474. The molecule has 2 rings (SSSR count). The molecule has 142 valence electrons. The van der Waals surface area contributed by atoms with Crippen LogP contribution in [0, 0.1) is 5.92 Å². The summed E-state index contributed by atoms with van der Waals surface area (Å²) in [5.74, 6) is 0.831. The minimum Gasteiger partial charge on any atom is -0.491 e. The second-order valence-corrected chi connectivity index (χ2v) is 6.68. The maximum Gasteiger partial charge on any atom is 0.409 e. The van der Waals surface area contributed by atoms with Crippen LogP contribution >= 0.6 is 0 Å². The molecule has 2 aromatic rings. The summed E-state index contributed by atoms with van der Waals surface area (Å²) in [6.07, 6.45) is 0.694. The Bertz CT molecular complexity index is 843. The average molecular weight is 361 g/mol. The topological polar surface area (TPSA) is 107 Å². The molecule has 1 heterocycles. The van der Waals surface area contributed by atoms with Gasteiger partial charge >= 0.3 is 6.09 Å². The lowest BCUT2D eigenvalue weighted by Crippen LogP contribution is -2.28. The standard InChI is InChI=1S/C19H27N3O4/c1-4-5-8-26-17-15-9-13(21-19(24)25)6-7-14(15)18(23)22(11-12(2)3)16(17)10-20/h6-7,9,12,21H,4-5,8,10-11,20H2,1-3H3,(H,24,25). The predicted molar refractivity (Wildman–Crippen MR) is 103 cm³/mol. The zero-order valence-electron chi connectivity index (χ0n) is 15.5. The van der Waals surface area contributed by atoms with Crippen molar-refractivity contribution in [3.05, 3.63) is 34.2 Å². The van der Waals surface area contributed by atoms with Gasteiger partial charge in [-0.1, -0.05) is 27.2 Å². The number of rotatable bonds is 8. The zero-order valence-corrected chi connectivity index (χ0v) is 15.5. The van der Waals surface area contributed by atoms with Crippen LogP contribution < -0.4 is 21.3 Å². The molecule has 4 N–H and O–H groups in total. The number of hydrogen-bond donors (Lipinski definition) is 3. The Hall–Kier alpha value is -2.54. The van der Waals surface area contributed by atoms with E-state index >= 15 is 0 Å². The van der Waals surface area contributed by atoms with Crippen LogP contribution in [0.15, 0.2) is 23.0 Å². The summed E-state index contributed by atoms with van der Waals surface area (Å²) in [5.41, 5.74) is 6.84. The Morgan fingerprint density at radius 2 is 2.08 bits per heavy atom. The zero-order chi connectivity index (χ0) is 19.3. The number of anilines is 1. The van der Waals surface area contributed by atoms with Gasteiger partial charge in [0.05, 0.1) is 17.7 Å². The molecule has 0 aliphatic rings. The third-order valence-electron chi connectivity index (χ3n) is 4.06. The van der Waals surface area contributed by atoms with Crippen molar-refractivity contribution in [2.45, 2.75) is 46.7 Å². The highest BCUT2D eigenvalue weighted by molar-refractivity contribution is 5.94. The Labute approximate surface area is 152 Å². The second-order valence-electron chi connectivity index (χ2n) is 6.68. The number of carbonyl (C=O) groups is 1. The number of nitrogens with two attached hydrogens (primary N) is 1. The number of hydrogen-bond acceptors (Lipinski definition) is 4. The number of pyridine rings is 1. The van der Waals surface area contributed by atoms with Crippen LogP contribution in [-0.2, 0) is 13.1 Å². The molecule has 1 amide bonds. The largest absolute Gasteiger partial charge is 0.491 e. The Balaban J connectivity index is 2.72. The fourth-order valence-corrected chi connectivity index (χ4v) is 2.91. The van der Waals surface area contributed by atoms with Crippen molar-refractivity contribution in [3.8, 4) is 5.75 Å². The molecule has 0 saturated heterocycles. The fourth-order valence-electron chi connectivity index (χ4n) is 2.91. The minimum atomic E-state index is -1.16. The van der Waals surface area contributed by atoms with Gasteiger partial charge in [-0.05, 0) is 30.5 Å². The van der Waals surface area contributed by atoms with E-state index in [9.17, 15) is 9.59 Å². The summed E-state index contributed by atoms with van der Waals surface area (Å²) in [4.78, 5) is 23.9. The molecule has 1 aromatic carbocycles. The number of unbranched alkanes of at least 4 members (excludes halogenated alkanes) is 1. The molecule has 26 heavy (non-hydrogen) atoms. The van der Waals surface area contributed by atoms with E-state index in [1.165, 1.54) is 0 Å². The summed E-state index contributed by atoms with van der Waals surface area (Å²) < 4.78 is 7.68. The minimum absolute atomic E-state index is 0.140. The number of carboxylic acid groups (broad SMARTS) is 1. The van der Waals surface area contributed by atoms with Crippen molar-refractivity contribution >= 4 is 22.6 Å². The molecule has 0 spiro atoms. The van der Waals surface area contributed by atoms with Crippen molar-refractivity contribution in [1.29, 1.82) is 0 Å². The van der Waals surface area contributed by atoms with Crippen LogP contribution in [0.1, 0.15) is 39.3 Å². The first kappa shape index (κ1) is 19.8. The quantitative estimate of drug-likeness (QED) is 0.625. The first-order chi connectivity index (χ1) is 12.4. The molecular weight excluding hydrogens is 334 g/mol. The van der Waals surface area contributed by atoms with Gasteiger partial charge in [-0.15, -0.1) is 0 Å². The van der Waals surface area contributed by atoms with Crippen LogP contribution in [0.3, 0.4) is 0 Å². The van der Waals surface area contributed by atoms with Crippen molar-refractivity contribution in [3.63, 3.8) is 0 Å². The first-order valence-electron chi connectivity index (χ1n) is 8.91. The van der Waals surface area contributed by atoms with Gasteiger partial charge in [0.15, 0.2) is 0 Å². The van der Waals surface area contributed by atoms with E-state index in [1.54, 1.807) is 22.8 Å². The normalized spacial score (nSPS) is 11.1. The SMILES string of the molecule is CCCCOc1c(CN)n(CC(C)C)c(=O)c2ccc(NC(=O)O)cc12. The number of ether oxygens (including phenoxy) is 1. The van der Waals surface area contributed by atoms with Gasteiger partial charge in [-0.2, -0.15) is 0 Å². The maximum absolute atomic E-state index is 13.0. The molecule has 0 saturated carbocycles. The average Bonchev–Trinajstić information content (AvgIpc) is 2.58. The smallest absolute Gasteiger partial charge is 0.409 e. The third-order valence-corrected chi connectivity index (χ3v) is 4.06. The highest BCUT2D eigenvalue weighted by Gasteiger charge is 2.18. The van der Waals surface area contributed by atoms with Crippen LogP contribution in [0.25, 0.3) is 10.8 Å². The number of nitrogens with zero attached hydrogens (tertiary/aromatic N) is 1. The van der Waals surface area contributed by atoms with Gasteiger partial charge in [-0.25, -0.2) is 4.79 Å². The number of amides is 1. The van der Waals surface area contributed by atoms with Crippen molar-refractivity contribution in [1.82, 2.24) is 4.57 Å². The van der Waals surface area contributed by atoms with Gasteiger partial charge in [0, 0.05) is 24.2 Å². The van der Waals surface area contributed by atoms with E-state index in [-0.39, 0.29) is 18.0 Å². The number of benzene rings is 1. The maximum atomic E-state index is 13.0. The molecule has 0 unspecified atom stereocenters. The third kappa shape index (κ3) is 4.35. The summed E-state index contributed by atoms with van der Waals surface area (Å²) in [5, 5.41) is 12.3. The molecule has 0 radical (unpaired) electrons. The number of aromatic nitrogens is 1. The highest BCUT2D eigenvalue weighted by atomic mass is 16.5. The van der Waals surface area contributed by atoms with Gasteiger partial charge in [0.2, 0.25) is 0 Å². The van der Waals surface area contributed by atoms with Crippen LogP contribution in [-0.4, -0.2) is 22.4 Å². The summed E-state index contributed by atoms with van der Waals surface area (Å²) >= 11 is 0. The molecule has 7 nitrogen and oxygen atoms in total. The summed E-state index contributed by atoms with van der Waals surface area (Å²) in [6.45, 7) is 7.36. The molecule has 0 aliphatic carbocycles. The van der Waals surface area contributed by atoms with Crippen LogP contribution in [0.5, 0.6) is 5.75 Å². The van der Waals surface area contributed by atoms with E-state index in [1.807, 2.05) is 13.8 Å². The number of fused-ring (bicyclic) bond motifs is 1. The Kier molecular flexibility index (Phi) is 6.63. The van der Waals surface area contributed by atoms with E-state index < -0.39 is 6.09 Å². The molecule has 0 atom stereocenters. The van der Waals surface area contributed by atoms with Gasteiger partial charge in [0.1, 0.15) is 5.75 Å². The van der Waals surface area contributed by atoms with Crippen molar-refractivity contribution in [2.75, 3.05) is 11.9 Å². The molecular formula is C19H27N3O4. The van der Waals surface area contributed by atoms with Gasteiger partial charge in [-0.3, -0.25) is 10.1 Å². The summed E-state index contributed by atoms with van der Waals surface area (Å²) in [6, 6.07) is 4.84. The molecule has 0 aliphatic heterocycles. The first-order valence-corrected chi connectivity index (χ1v) is 8.91. The molecule has 0 bridgehead atoms. The lowest BCUT2D eigenvalue weighted by molar-refractivity contribution is 0.210. The van der Waals surface area contributed by atoms with Gasteiger partial charge in [0.25, 0.3) is 5.56 Å². The monoisotopic (exact) mass is 361 g/mol. The highest BCUT2D eigenvalue weighted by Crippen LogP contribution is 2.30. The predicted octanol–water partition coefficient (Wildman–Crippen LogP) is 3.39. The second kappa shape index (κ2) is 8.71. The Morgan fingerprint density at radius 3 is 2.65 bits per heavy atom. The number of nitrogens with one attached hydrogen (secondary N) is 1.